The molecular weight excluding hydrogens is 378 g/mol. The molecule has 1 aliphatic heterocycles. The molecule has 0 spiro atoms. The van der Waals surface area contributed by atoms with E-state index in [2.05, 4.69) is 30.0 Å². The molecule has 0 aromatic heterocycles. The number of hydrogen-bond donors (Lipinski definition) is 1. The zero-order valence-corrected chi connectivity index (χ0v) is 17.5. The van der Waals surface area contributed by atoms with Crippen molar-refractivity contribution in [3.63, 3.8) is 0 Å². The zero-order valence-electron chi connectivity index (χ0n) is 17.5. The topological polar surface area (TPSA) is 117 Å². The molecule has 30 heavy (non-hydrogen) atoms. The van der Waals surface area contributed by atoms with E-state index in [4.69, 9.17) is 14.9 Å². The Morgan fingerprint density at radius 1 is 1.20 bits per heavy atom. The molecule has 1 N–H and O–H groups in total. The molecule has 3 atom stereocenters. The van der Waals surface area contributed by atoms with Crippen LogP contribution >= 0.6 is 0 Å². The summed E-state index contributed by atoms with van der Waals surface area (Å²) in [6.07, 6.45) is 2.89. The van der Waals surface area contributed by atoms with E-state index >= 15 is 0 Å². The molecule has 0 radical (unpaired) electrons. The molecule has 1 aromatic carbocycles. The number of benzene rings is 1. The van der Waals surface area contributed by atoms with Gasteiger partial charge in [-0.2, -0.15) is 15.8 Å². The number of ether oxygens (including phenoxy) is 2. The SMILES string of the molecule is CCCN1CC=C2[C@@H](C1)[C@H](c1cccc(OC)c1OC)[C@H](C#N)C(=N)C2(C#N)C#N. The third-order valence-electron chi connectivity index (χ3n) is 6.17. The van der Waals surface area contributed by atoms with Crippen molar-refractivity contribution in [2.75, 3.05) is 33.9 Å². The van der Waals surface area contributed by atoms with Crippen molar-refractivity contribution >= 4 is 5.71 Å². The lowest BCUT2D eigenvalue weighted by molar-refractivity contribution is 0.208. The van der Waals surface area contributed by atoms with Crippen molar-refractivity contribution in [3.8, 4) is 29.7 Å². The van der Waals surface area contributed by atoms with Crippen LogP contribution in [0.2, 0.25) is 0 Å². The lowest BCUT2D eigenvalue weighted by Crippen LogP contribution is -2.52. The van der Waals surface area contributed by atoms with Crippen LogP contribution in [0.1, 0.15) is 24.8 Å². The smallest absolute Gasteiger partial charge is 0.203 e. The van der Waals surface area contributed by atoms with Gasteiger partial charge in [0.2, 0.25) is 5.41 Å². The molecule has 1 heterocycles. The van der Waals surface area contributed by atoms with E-state index in [9.17, 15) is 15.8 Å². The molecule has 0 bridgehead atoms. The van der Waals surface area contributed by atoms with Crippen LogP contribution in [0, 0.1) is 56.7 Å². The molecule has 0 unspecified atom stereocenters. The summed E-state index contributed by atoms with van der Waals surface area (Å²) in [4.78, 5) is 2.26. The van der Waals surface area contributed by atoms with E-state index in [0.717, 1.165) is 18.5 Å². The van der Waals surface area contributed by atoms with Gasteiger partial charge in [0, 0.05) is 30.5 Å². The fraction of sp³-hybridized carbons (Fsp3) is 0.478. The maximum Gasteiger partial charge on any atom is 0.203 e. The number of rotatable bonds is 5. The summed E-state index contributed by atoms with van der Waals surface area (Å²) in [5, 5.41) is 38.7. The van der Waals surface area contributed by atoms with Crippen LogP contribution in [0.25, 0.3) is 0 Å². The Hall–Kier alpha value is -3.34. The lowest BCUT2D eigenvalue weighted by atomic mass is 9.55. The van der Waals surface area contributed by atoms with Gasteiger partial charge in [-0.15, -0.1) is 0 Å². The molecular formula is C23H25N5O2. The van der Waals surface area contributed by atoms with Gasteiger partial charge < -0.3 is 14.9 Å². The summed E-state index contributed by atoms with van der Waals surface area (Å²) in [5.41, 5.74) is -0.471. The van der Waals surface area contributed by atoms with Crippen molar-refractivity contribution in [1.82, 2.24) is 4.90 Å². The summed E-state index contributed by atoms with van der Waals surface area (Å²) in [6, 6.07) is 11.9. The summed E-state index contributed by atoms with van der Waals surface area (Å²) >= 11 is 0. The third kappa shape index (κ3) is 3.11. The van der Waals surface area contributed by atoms with Gasteiger partial charge in [-0.05, 0) is 24.6 Å². The summed E-state index contributed by atoms with van der Waals surface area (Å²) < 4.78 is 11.1. The minimum Gasteiger partial charge on any atom is -0.493 e. The fourth-order valence-electron chi connectivity index (χ4n) is 4.86. The monoisotopic (exact) mass is 403 g/mol. The molecule has 3 rings (SSSR count). The molecule has 154 valence electrons. The first-order valence-electron chi connectivity index (χ1n) is 9.97. The second kappa shape index (κ2) is 8.57. The fourth-order valence-corrected chi connectivity index (χ4v) is 4.86. The van der Waals surface area contributed by atoms with Gasteiger partial charge in [0.25, 0.3) is 0 Å². The number of nitriles is 3. The van der Waals surface area contributed by atoms with Crippen molar-refractivity contribution in [2.45, 2.75) is 19.3 Å². The normalized spacial score (nSPS) is 25.1. The maximum absolute atomic E-state index is 10.1. The van der Waals surface area contributed by atoms with Crippen molar-refractivity contribution in [3.05, 3.63) is 35.4 Å². The molecule has 1 aromatic rings. The summed E-state index contributed by atoms with van der Waals surface area (Å²) in [7, 11) is 3.10. The molecule has 0 amide bonds. The molecule has 1 aliphatic carbocycles. The molecule has 1 saturated carbocycles. The third-order valence-corrected chi connectivity index (χ3v) is 6.17. The van der Waals surface area contributed by atoms with Crippen LogP contribution in [0.15, 0.2) is 29.8 Å². The predicted molar refractivity (Wildman–Crippen MR) is 111 cm³/mol. The first-order valence-corrected chi connectivity index (χ1v) is 9.97. The Labute approximate surface area is 177 Å². The van der Waals surface area contributed by atoms with Crippen molar-refractivity contribution < 1.29 is 9.47 Å². The Kier molecular flexibility index (Phi) is 6.11. The summed E-state index contributed by atoms with van der Waals surface area (Å²) in [5.74, 6) is -0.541. The molecule has 2 aliphatic rings. The minimum atomic E-state index is -1.70. The molecule has 7 nitrogen and oxygen atoms in total. The van der Waals surface area contributed by atoms with E-state index in [1.807, 2.05) is 18.2 Å². The maximum atomic E-state index is 10.1. The van der Waals surface area contributed by atoms with Gasteiger partial charge in [-0.1, -0.05) is 25.1 Å². The van der Waals surface area contributed by atoms with E-state index in [1.54, 1.807) is 20.3 Å². The van der Waals surface area contributed by atoms with E-state index in [1.165, 1.54) is 0 Å². The van der Waals surface area contributed by atoms with Gasteiger partial charge in [-0.25, -0.2) is 0 Å². The standard InChI is InChI=1S/C23H25N5O2/c1-4-9-28-10-8-18-17(12-28)20(15-6-5-7-19(29-2)21(15)30-3)16(11-24)22(27)23(18,13-25)14-26/h5-8,16-17,20,27H,4,9-10,12H2,1-3H3/t16-,17+,20+/m0/s1. The van der Waals surface area contributed by atoms with Crippen LogP contribution in [0.5, 0.6) is 11.5 Å². The highest BCUT2D eigenvalue weighted by molar-refractivity contribution is 6.01. The molecule has 1 fully saturated rings. The number of nitrogens with zero attached hydrogens (tertiary/aromatic N) is 4. The Morgan fingerprint density at radius 3 is 2.50 bits per heavy atom. The number of para-hydroxylation sites is 1. The van der Waals surface area contributed by atoms with Crippen molar-refractivity contribution in [1.29, 1.82) is 21.2 Å². The largest absolute Gasteiger partial charge is 0.493 e. The number of nitrogens with one attached hydrogen (secondary N) is 1. The van der Waals surface area contributed by atoms with Gasteiger partial charge >= 0.3 is 0 Å². The van der Waals surface area contributed by atoms with Crippen LogP contribution in [-0.4, -0.2) is 44.5 Å². The molecule has 7 heteroatoms. The van der Waals surface area contributed by atoms with E-state index in [-0.39, 0.29) is 11.6 Å². The minimum absolute atomic E-state index is 0.156. The van der Waals surface area contributed by atoms with Gasteiger partial charge in [-0.3, -0.25) is 4.90 Å². The summed E-state index contributed by atoms with van der Waals surface area (Å²) in [6.45, 7) is 4.22. The Bertz CT molecular complexity index is 980. The number of hydrogen-bond acceptors (Lipinski definition) is 7. The highest BCUT2D eigenvalue weighted by Crippen LogP contribution is 2.54. The Balaban J connectivity index is 2.26. The van der Waals surface area contributed by atoms with Crippen LogP contribution < -0.4 is 9.47 Å². The average Bonchev–Trinajstić information content (AvgIpc) is 2.78. The van der Waals surface area contributed by atoms with Crippen LogP contribution in [0.3, 0.4) is 0 Å². The quantitative estimate of drug-likeness (QED) is 0.754. The highest BCUT2D eigenvalue weighted by atomic mass is 16.5. The predicted octanol–water partition coefficient (Wildman–Crippen LogP) is 3.26. The second-order valence-corrected chi connectivity index (χ2v) is 7.63. The molecule has 0 saturated heterocycles. The van der Waals surface area contributed by atoms with Gasteiger partial charge in [0.1, 0.15) is 0 Å². The van der Waals surface area contributed by atoms with Crippen LogP contribution in [0.4, 0.5) is 0 Å². The second-order valence-electron chi connectivity index (χ2n) is 7.63. The zero-order chi connectivity index (χ0) is 21.9. The number of fused-ring (bicyclic) bond motifs is 1. The van der Waals surface area contributed by atoms with Gasteiger partial charge in [0.05, 0.1) is 44.1 Å². The highest BCUT2D eigenvalue weighted by Gasteiger charge is 2.57. The first-order chi connectivity index (χ1) is 14.5. The lowest BCUT2D eigenvalue weighted by Gasteiger charge is -2.47. The average molecular weight is 403 g/mol. The first kappa shape index (κ1) is 21.4. The van der Waals surface area contributed by atoms with Crippen molar-refractivity contribution in [2.24, 2.45) is 17.3 Å². The van der Waals surface area contributed by atoms with E-state index < -0.39 is 17.3 Å². The Morgan fingerprint density at radius 2 is 1.93 bits per heavy atom. The van der Waals surface area contributed by atoms with Crippen LogP contribution in [-0.2, 0) is 0 Å². The van der Waals surface area contributed by atoms with E-state index in [0.29, 0.717) is 30.2 Å². The van der Waals surface area contributed by atoms with Gasteiger partial charge in [0.15, 0.2) is 11.5 Å². The number of methoxy groups -OCH3 is 2.